The van der Waals surface area contributed by atoms with Crippen LogP contribution in [0, 0.1) is 0 Å². The van der Waals surface area contributed by atoms with Crippen molar-refractivity contribution in [2.24, 2.45) is 0 Å². The highest BCUT2D eigenvalue weighted by atomic mass is 16.5. The van der Waals surface area contributed by atoms with E-state index in [-0.39, 0.29) is 24.0 Å². The molecule has 2 aliphatic heterocycles. The minimum Gasteiger partial charge on any atom is -0.507 e. The fraction of sp³-hybridized carbons (Fsp3) is 0.267. The van der Waals surface area contributed by atoms with Crippen molar-refractivity contribution in [2.45, 2.75) is 39.0 Å². The van der Waals surface area contributed by atoms with Gasteiger partial charge in [-0.2, -0.15) is 0 Å². The zero-order valence-electron chi connectivity index (χ0n) is 21.1. The van der Waals surface area contributed by atoms with Gasteiger partial charge in [0.05, 0.1) is 31.4 Å². The van der Waals surface area contributed by atoms with E-state index in [1.807, 2.05) is 68.4 Å². The quantitative estimate of drug-likeness (QED) is 0.279. The number of aliphatic hydroxyl groups excluding tert-OH is 1. The lowest BCUT2D eigenvalue weighted by Crippen LogP contribution is -2.29. The molecule has 0 saturated carbocycles. The van der Waals surface area contributed by atoms with Crippen molar-refractivity contribution in [3.05, 3.63) is 94.6 Å². The highest BCUT2D eigenvalue weighted by Gasteiger charge is 2.46. The van der Waals surface area contributed by atoms with Crippen LogP contribution in [0.25, 0.3) is 5.76 Å². The fourth-order valence-electron chi connectivity index (χ4n) is 4.84. The predicted molar refractivity (Wildman–Crippen MR) is 139 cm³/mol. The first-order valence-corrected chi connectivity index (χ1v) is 12.3. The van der Waals surface area contributed by atoms with E-state index < -0.39 is 17.7 Å². The molecule has 7 nitrogen and oxygen atoms in total. The van der Waals surface area contributed by atoms with Gasteiger partial charge in [0.15, 0.2) is 0 Å². The van der Waals surface area contributed by atoms with Gasteiger partial charge in [0.25, 0.3) is 11.7 Å². The second kappa shape index (κ2) is 10.0. The number of amides is 1. The molecule has 2 aliphatic rings. The maximum atomic E-state index is 13.4. The van der Waals surface area contributed by atoms with Crippen LogP contribution in [0.15, 0.2) is 72.3 Å². The number of hydrogen-bond donors (Lipinski definition) is 1. The predicted octanol–water partition coefficient (Wildman–Crippen LogP) is 5.04. The summed E-state index contributed by atoms with van der Waals surface area (Å²) in [5.41, 5.74) is 3.00. The van der Waals surface area contributed by atoms with E-state index in [4.69, 9.17) is 14.2 Å². The number of nitrogens with zero attached hydrogens (tertiary/aromatic N) is 1. The first-order valence-electron chi connectivity index (χ1n) is 12.3. The molecule has 37 heavy (non-hydrogen) atoms. The lowest BCUT2D eigenvalue weighted by molar-refractivity contribution is -0.140. The van der Waals surface area contributed by atoms with Gasteiger partial charge >= 0.3 is 0 Å². The third kappa shape index (κ3) is 4.77. The minimum atomic E-state index is -0.790. The summed E-state index contributed by atoms with van der Waals surface area (Å²) in [6.07, 6.45) is 0.676. The van der Waals surface area contributed by atoms with Crippen LogP contribution in [0.2, 0.25) is 0 Å². The van der Waals surface area contributed by atoms with Gasteiger partial charge in [-0.1, -0.05) is 24.3 Å². The summed E-state index contributed by atoms with van der Waals surface area (Å²) in [4.78, 5) is 28.3. The number of Topliss-reactive ketones (excluding diaryl/α,β-unsaturated/α-hetero) is 1. The number of ether oxygens (including phenoxy) is 3. The zero-order chi connectivity index (χ0) is 26.1. The number of hydrogen-bond acceptors (Lipinski definition) is 6. The molecular formula is C30H29NO6. The lowest BCUT2D eigenvalue weighted by atomic mass is 9.94. The van der Waals surface area contributed by atoms with Crippen LogP contribution >= 0.6 is 0 Å². The standard InChI is InChI=1S/C30H29NO6/c1-18(2)37-24-6-4-5-21(16-24)27-26(28(32)22-9-12-25-20(15-22)13-14-36-25)29(33)30(34)31(27)17-19-7-10-23(35-3)11-8-19/h4-12,15-16,18,27,32H,13-14,17H2,1-3H3/b28-26-. The van der Waals surface area contributed by atoms with Gasteiger partial charge in [0.1, 0.15) is 23.0 Å². The summed E-state index contributed by atoms with van der Waals surface area (Å²) < 4.78 is 16.7. The Hall–Kier alpha value is -4.26. The molecule has 0 aromatic heterocycles. The molecule has 2 heterocycles. The second-order valence-electron chi connectivity index (χ2n) is 9.44. The molecule has 0 spiro atoms. The average Bonchev–Trinajstić information content (AvgIpc) is 3.46. The zero-order valence-corrected chi connectivity index (χ0v) is 21.1. The summed E-state index contributed by atoms with van der Waals surface area (Å²) >= 11 is 0. The van der Waals surface area contributed by atoms with Crippen molar-refractivity contribution in [2.75, 3.05) is 13.7 Å². The van der Waals surface area contributed by atoms with E-state index >= 15 is 0 Å². The number of methoxy groups -OCH3 is 1. The molecule has 1 unspecified atom stereocenters. The molecular weight excluding hydrogens is 470 g/mol. The molecule has 1 amide bonds. The topological polar surface area (TPSA) is 85.3 Å². The Labute approximate surface area is 215 Å². The van der Waals surface area contributed by atoms with Gasteiger partial charge in [-0.3, -0.25) is 9.59 Å². The molecule has 190 valence electrons. The summed E-state index contributed by atoms with van der Waals surface area (Å²) in [6, 6.07) is 19.2. The second-order valence-corrected chi connectivity index (χ2v) is 9.44. The van der Waals surface area contributed by atoms with Crippen molar-refractivity contribution in [1.29, 1.82) is 0 Å². The van der Waals surface area contributed by atoms with E-state index in [2.05, 4.69) is 0 Å². The molecule has 3 aromatic carbocycles. The number of rotatable bonds is 7. The molecule has 1 fully saturated rings. The Kier molecular flexibility index (Phi) is 6.61. The molecule has 7 heteroatoms. The summed E-state index contributed by atoms with van der Waals surface area (Å²) in [6.45, 7) is 4.62. The number of carbonyl (C=O) groups is 2. The third-order valence-corrected chi connectivity index (χ3v) is 6.56. The van der Waals surface area contributed by atoms with Gasteiger partial charge < -0.3 is 24.2 Å². The SMILES string of the molecule is COc1ccc(CN2C(=O)C(=O)/C(=C(\O)c3ccc4c(c3)CCO4)C2c2cccc(OC(C)C)c2)cc1. The smallest absolute Gasteiger partial charge is 0.295 e. The van der Waals surface area contributed by atoms with Crippen LogP contribution in [-0.4, -0.2) is 41.5 Å². The van der Waals surface area contributed by atoms with Crippen LogP contribution in [-0.2, 0) is 22.6 Å². The lowest BCUT2D eigenvalue weighted by Gasteiger charge is -2.26. The van der Waals surface area contributed by atoms with Crippen LogP contribution < -0.4 is 14.2 Å². The summed E-state index contributed by atoms with van der Waals surface area (Å²) in [5.74, 6) is 0.501. The Bertz CT molecular complexity index is 1380. The van der Waals surface area contributed by atoms with Crippen molar-refractivity contribution < 1.29 is 28.9 Å². The number of aliphatic hydroxyl groups is 1. The van der Waals surface area contributed by atoms with Gasteiger partial charge in [0.2, 0.25) is 0 Å². The van der Waals surface area contributed by atoms with E-state index in [0.29, 0.717) is 29.2 Å². The first kappa shape index (κ1) is 24.4. The Morgan fingerprint density at radius 3 is 2.57 bits per heavy atom. The van der Waals surface area contributed by atoms with Crippen molar-refractivity contribution in [3.63, 3.8) is 0 Å². The van der Waals surface area contributed by atoms with Crippen LogP contribution in [0.5, 0.6) is 17.2 Å². The fourth-order valence-corrected chi connectivity index (χ4v) is 4.84. The number of ketones is 1. The number of likely N-dealkylation sites (tertiary alicyclic amines) is 1. The monoisotopic (exact) mass is 499 g/mol. The highest BCUT2D eigenvalue weighted by Crippen LogP contribution is 2.42. The van der Waals surface area contributed by atoms with Crippen LogP contribution in [0.1, 0.15) is 42.1 Å². The molecule has 0 aliphatic carbocycles. The van der Waals surface area contributed by atoms with Gasteiger partial charge in [0, 0.05) is 18.5 Å². The number of fused-ring (bicyclic) bond motifs is 1. The van der Waals surface area contributed by atoms with Crippen molar-refractivity contribution >= 4 is 17.4 Å². The van der Waals surface area contributed by atoms with Crippen molar-refractivity contribution in [1.82, 2.24) is 4.90 Å². The molecule has 1 saturated heterocycles. The molecule has 1 atom stereocenters. The Morgan fingerprint density at radius 2 is 1.84 bits per heavy atom. The van der Waals surface area contributed by atoms with E-state index in [1.54, 1.807) is 19.2 Å². The van der Waals surface area contributed by atoms with Crippen LogP contribution in [0.4, 0.5) is 0 Å². The number of benzene rings is 3. The highest BCUT2D eigenvalue weighted by molar-refractivity contribution is 6.46. The molecule has 0 bridgehead atoms. The van der Waals surface area contributed by atoms with E-state index in [1.165, 1.54) is 4.90 Å². The molecule has 3 aromatic rings. The normalized spacial score (nSPS) is 18.2. The summed E-state index contributed by atoms with van der Waals surface area (Å²) in [5, 5.41) is 11.4. The molecule has 0 radical (unpaired) electrons. The molecule has 1 N–H and O–H groups in total. The summed E-state index contributed by atoms with van der Waals surface area (Å²) in [7, 11) is 1.59. The maximum absolute atomic E-state index is 13.4. The van der Waals surface area contributed by atoms with Gasteiger partial charge in [-0.25, -0.2) is 0 Å². The van der Waals surface area contributed by atoms with Gasteiger partial charge in [-0.05, 0) is 73.0 Å². The van der Waals surface area contributed by atoms with Crippen LogP contribution in [0.3, 0.4) is 0 Å². The van der Waals surface area contributed by atoms with E-state index in [0.717, 1.165) is 23.3 Å². The number of carbonyl (C=O) groups excluding carboxylic acids is 2. The Morgan fingerprint density at radius 1 is 1.05 bits per heavy atom. The average molecular weight is 500 g/mol. The minimum absolute atomic E-state index is 0.0467. The third-order valence-electron chi connectivity index (χ3n) is 6.56. The maximum Gasteiger partial charge on any atom is 0.295 e. The first-order chi connectivity index (χ1) is 17.9. The van der Waals surface area contributed by atoms with E-state index in [9.17, 15) is 14.7 Å². The van der Waals surface area contributed by atoms with Crippen molar-refractivity contribution in [3.8, 4) is 17.2 Å². The largest absolute Gasteiger partial charge is 0.507 e. The van der Waals surface area contributed by atoms with Gasteiger partial charge in [-0.15, -0.1) is 0 Å². The molecule has 5 rings (SSSR count). The Balaban J connectivity index is 1.61.